The first-order valence-electron chi connectivity index (χ1n) is 13.1. The Hall–Kier alpha value is -3.78. The second-order valence-electron chi connectivity index (χ2n) is 10.7. The maximum atomic E-state index is 14.0. The zero-order chi connectivity index (χ0) is 29.5. The van der Waals surface area contributed by atoms with Crippen molar-refractivity contribution >= 4 is 33.3 Å². The molecule has 3 aromatic rings. The molecule has 0 radical (unpaired) electrons. The van der Waals surface area contributed by atoms with Gasteiger partial charge >= 0.3 is 5.97 Å². The lowest BCUT2D eigenvalue weighted by atomic mass is 9.90. The third-order valence-corrected chi connectivity index (χ3v) is 8.42. The Morgan fingerprint density at radius 2 is 2.10 bits per heavy atom. The summed E-state index contributed by atoms with van der Waals surface area (Å²) in [5.41, 5.74) is 0.262. The Balaban J connectivity index is 1.31. The van der Waals surface area contributed by atoms with E-state index in [4.69, 9.17) is 9.47 Å². The number of likely N-dealkylation sites (tertiary alicyclic amines) is 1. The van der Waals surface area contributed by atoms with E-state index in [1.165, 1.54) is 40.9 Å². The van der Waals surface area contributed by atoms with E-state index in [0.717, 1.165) is 31.9 Å². The number of nitrogens with one attached hydrogen (secondary N) is 1. The number of hydrogen-bond donors (Lipinski definition) is 1. The van der Waals surface area contributed by atoms with Crippen molar-refractivity contribution in [2.24, 2.45) is 20.0 Å². The number of nitro benzene ring substituents is 1. The number of methoxy groups -OCH3 is 1. The van der Waals surface area contributed by atoms with Crippen LogP contribution >= 0.6 is 15.9 Å². The van der Waals surface area contributed by atoms with Gasteiger partial charge in [-0.15, -0.1) is 0 Å². The Morgan fingerprint density at radius 3 is 2.83 bits per heavy atom. The van der Waals surface area contributed by atoms with Gasteiger partial charge in [0.15, 0.2) is 0 Å². The maximum Gasteiger partial charge on any atom is 0.339 e. The highest BCUT2D eigenvalue weighted by molar-refractivity contribution is 9.10. The summed E-state index contributed by atoms with van der Waals surface area (Å²) in [5.74, 6) is -0.441. The molecule has 2 fully saturated rings. The summed E-state index contributed by atoms with van der Waals surface area (Å²) in [4.78, 5) is 38.4. The van der Waals surface area contributed by atoms with Crippen molar-refractivity contribution in [1.29, 1.82) is 0 Å². The minimum Gasteiger partial charge on any atom is -0.476 e. The molecule has 3 heterocycles. The fourth-order valence-corrected chi connectivity index (χ4v) is 6.32. The molecule has 1 aliphatic heterocycles. The van der Waals surface area contributed by atoms with E-state index in [1.807, 2.05) is 0 Å². The van der Waals surface area contributed by atoms with Gasteiger partial charge in [0.05, 0.1) is 51.0 Å². The van der Waals surface area contributed by atoms with Crippen molar-refractivity contribution in [2.45, 2.75) is 24.8 Å². The monoisotopic (exact) mass is 632 g/mol. The summed E-state index contributed by atoms with van der Waals surface area (Å²) in [6.07, 6.45) is 5.63. The highest BCUT2D eigenvalue weighted by Gasteiger charge is 2.45. The number of anilines is 1. The van der Waals surface area contributed by atoms with Gasteiger partial charge in [0.25, 0.3) is 11.2 Å². The molecular weight excluding hydrogens is 603 g/mol. The van der Waals surface area contributed by atoms with E-state index < -0.39 is 16.7 Å². The van der Waals surface area contributed by atoms with Gasteiger partial charge < -0.3 is 19.4 Å². The highest BCUT2D eigenvalue weighted by atomic mass is 79.9. The van der Waals surface area contributed by atoms with E-state index in [-0.39, 0.29) is 38.1 Å². The molecular formula is C27H30BrFN6O6. The number of esters is 1. The summed E-state index contributed by atoms with van der Waals surface area (Å²) >= 11 is 3.15. The molecule has 2 bridgehead atoms. The molecule has 1 saturated heterocycles. The number of fused-ring (bicyclic) bond motifs is 2. The van der Waals surface area contributed by atoms with Crippen LogP contribution in [0.4, 0.5) is 15.8 Å². The second-order valence-corrected chi connectivity index (χ2v) is 11.5. The maximum absolute atomic E-state index is 14.0. The van der Waals surface area contributed by atoms with Crippen LogP contribution in [0.25, 0.3) is 11.1 Å². The summed E-state index contributed by atoms with van der Waals surface area (Å²) in [5, 5.41) is 19.3. The average molecular weight is 633 g/mol. The smallest absolute Gasteiger partial charge is 0.339 e. The fourth-order valence-electron chi connectivity index (χ4n) is 5.98. The first-order chi connectivity index (χ1) is 19.5. The number of ether oxygens (including phenoxy) is 2. The lowest BCUT2D eigenvalue weighted by Gasteiger charge is -2.41. The molecule has 1 aliphatic carbocycles. The quantitative estimate of drug-likeness (QED) is 0.213. The van der Waals surface area contributed by atoms with Gasteiger partial charge in [-0.05, 0) is 53.2 Å². The van der Waals surface area contributed by atoms with Crippen LogP contribution in [-0.2, 0) is 18.8 Å². The first kappa shape index (κ1) is 28.7. The number of benzene rings is 1. The summed E-state index contributed by atoms with van der Waals surface area (Å²) in [6.45, 7) is 2.37. The molecule has 1 saturated carbocycles. The zero-order valence-electron chi connectivity index (χ0n) is 22.9. The van der Waals surface area contributed by atoms with Gasteiger partial charge in [0.1, 0.15) is 18.1 Å². The van der Waals surface area contributed by atoms with Crippen molar-refractivity contribution in [1.82, 2.24) is 19.2 Å². The Morgan fingerprint density at radius 1 is 1.32 bits per heavy atom. The number of aromatic nitrogens is 3. The number of hydrogen-bond acceptors (Lipinski definition) is 9. The predicted molar refractivity (Wildman–Crippen MR) is 152 cm³/mol. The van der Waals surface area contributed by atoms with Crippen molar-refractivity contribution in [2.75, 3.05) is 38.7 Å². The van der Waals surface area contributed by atoms with E-state index in [9.17, 15) is 24.1 Å². The Kier molecular flexibility index (Phi) is 7.88. The highest BCUT2D eigenvalue weighted by Crippen LogP contribution is 2.44. The zero-order valence-corrected chi connectivity index (χ0v) is 24.4. The Bertz CT molecular complexity index is 1570. The minimum atomic E-state index is -0.684. The molecule has 218 valence electrons. The van der Waals surface area contributed by atoms with Gasteiger partial charge in [0.2, 0.25) is 5.88 Å². The van der Waals surface area contributed by atoms with Crippen LogP contribution in [0.15, 0.2) is 39.9 Å². The van der Waals surface area contributed by atoms with Crippen LogP contribution in [0.2, 0.25) is 0 Å². The number of aryl methyl sites for hydroxylation is 2. The molecule has 0 amide bonds. The van der Waals surface area contributed by atoms with Gasteiger partial charge in [-0.3, -0.25) is 19.8 Å². The normalized spacial score (nSPS) is 20.2. The SMILES string of the molecule is COC(=O)c1cc(-c2cnn(C)c2OCCN2CC3CCC(Nc4cc(Br)c(F)cc4[N+](=O)[O-])(C3)C2)c(=O)n(C)c1. The average Bonchev–Trinajstić information content (AvgIpc) is 3.44. The number of nitro groups is 1. The molecule has 2 aliphatic rings. The Labute approximate surface area is 243 Å². The lowest BCUT2D eigenvalue weighted by Crippen LogP contribution is -2.52. The standard InChI is InChI=1S/C27H30BrFN6O6/c1-32-14-17(26(37)40-3)8-18(24(32)36)19-12-30-33(2)25(19)41-7-6-34-13-16-4-5-27(11-16,15-34)31-22-9-20(28)21(29)10-23(22)35(38)39/h8-10,12,14,16,31H,4-7,11,13,15H2,1-3H3. The van der Waals surface area contributed by atoms with Gasteiger partial charge in [-0.25, -0.2) is 13.9 Å². The molecule has 41 heavy (non-hydrogen) atoms. The van der Waals surface area contributed by atoms with Crippen LogP contribution in [0.3, 0.4) is 0 Å². The van der Waals surface area contributed by atoms with Crippen molar-refractivity contribution in [3.63, 3.8) is 0 Å². The minimum absolute atomic E-state index is 0.163. The number of pyridine rings is 1. The lowest BCUT2D eigenvalue weighted by molar-refractivity contribution is -0.384. The summed E-state index contributed by atoms with van der Waals surface area (Å²) in [6, 6.07) is 3.84. The molecule has 14 heteroatoms. The molecule has 0 spiro atoms. The van der Waals surface area contributed by atoms with Crippen LogP contribution in [-0.4, -0.2) is 69.0 Å². The molecule has 2 atom stereocenters. The number of carbonyl (C=O) groups is 1. The van der Waals surface area contributed by atoms with Gasteiger partial charge in [0, 0.05) is 39.9 Å². The molecule has 12 nitrogen and oxygen atoms in total. The van der Waals surface area contributed by atoms with Gasteiger partial charge in [-0.2, -0.15) is 5.10 Å². The number of carbonyl (C=O) groups excluding carboxylic acids is 1. The molecule has 1 N–H and O–H groups in total. The van der Waals surface area contributed by atoms with Crippen molar-refractivity contribution in [3.8, 4) is 17.0 Å². The second kappa shape index (κ2) is 11.2. The largest absolute Gasteiger partial charge is 0.476 e. The predicted octanol–water partition coefficient (Wildman–Crippen LogP) is 3.73. The number of halogens is 2. The molecule has 2 unspecified atom stereocenters. The summed E-state index contributed by atoms with van der Waals surface area (Å²) in [7, 11) is 4.54. The molecule has 2 aromatic heterocycles. The van der Waals surface area contributed by atoms with E-state index in [0.29, 0.717) is 37.1 Å². The van der Waals surface area contributed by atoms with Gasteiger partial charge in [-0.1, -0.05) is 0 Å². The third kappa shape index (κ3) is 5.71. The van der Waals surface area contributed by atoms with Crippen LogP contribution in [0.1, 0.15) is 29.6 Å². The summed E-state index contributed by atoms with van der Waals surface area (Å²) < 4.78 is 28.0. The molecule has 1 aromatic carbocycles. The third-order valence-electron chi connectivity index (χ3n) is 7.81. The molecule has 5 rings (SSSR count). The van der Waals surface area contributed by atoms with Crippen molar-refractivity contribution in [3.05, 3.63) is 66.9 Å². The topological polar surface area (TPSA) is 134 Å². The van der Waals surface area contributed by atoms with E-state index >= 15 is 0 Å². The van der Waals surface area contributed by atoms with Crippen LogP contribution < -0.4 is 15.6 Å². The fraction of sp³-hybridized carbons (Fsp3) is 0.444. The van der Waals surface area contributed by atoms with E-state index in [1.54, 1.807) is 14.1 Å². The number of piperidine rings is 1. The number of nitrogens with zero attached hydrogens (tertiary/aromatic N) is 5. The van der Waals surface area contributed by atoms with Crippen LogP contribution in [0.5, 0.6) is 5.88 Å². The number of rotatable bonds is 9. The van der Waals surface area contributed by atoms with E-state index in [2.05, 4.69) is 31.2 Å². The first-order valence-corrected chi connectivity index (χ1v) is 13.9. The van der Waals surface area contributed by atoms with Crippen molar-refractivity contribution < 1.29 is 23.6 Å². The van der Waals surface area contributed by atoms with Crippen LogP contribution in [0, 0.1) is 21.8 Å².